The van der Waals surface area contributed by atoms with E-state index in [1.807, 2.05) is 0 Å². The van der Waals surface area contributed by atoms with Gasteiger partial charge in [-0.25, -0.2) is 0 Å². The molecule has 0 spiro atoms. The molecule has 11 heteroatoms. The topological polar surface area (TPSA) is 54.9 Å². The Bertz CT molecular complexity index is 1390. The van der Waals surface area contributed by atoms with Gasteiger partial charge >= 0.3 is 12.4 Å². The fraction of sp³-hybridized carbons (Fsp3) is 0.125. The van der Waals surface area contributed by atoms with E-state index in [4.69, 9.17) is 11.6 Å². The van der Waals surface area contributed by atoms with Crippen LogP contribution in [0.4, 0.5) is 26.3 Å². The summed E-state index contributed by atoms with van der Waals surface area (Å²) in [5.74, 6) is -0.780. The molecule has 0 aliphatic heterocycles. The first kappa shape index (κ1) is 24.5. The molecule has 4 aromatic rings. The van der Waals surface area contributed by atoms with Gasteiger partial charge in [-0.3, -0.25) is 14.8 Å². The summed E-state index contributed by atoms with van der Waals surface area (Å²) in [4.78, 5) is 21.0. The van der Waals surface area contributed by atoms with Gasteiger partial charge in [0.25, 0.3) is 5.91 Å². The molecule has 0 saturated heterocycles. The standard InChI is InChI=1S/C24H14ClF6N3O/c25-18-9-11-32-19-12-14(5-8-16(18)19)22(35)34-20(13-3-6-15(7-4-13)23(26,27)28)21-17(24(29,30)31)2-1-10-33-21/h1-12,20H,(H,34,35)/t20-/m0/s1. The summed E-state index contributed by atoms with van der Waals surface area (Å²) in [6.45, 7) is 0. The van der Waals surface area contributed by atoms with Crippen LogP contribution in [0.25, 0.3) is 10.9 Å². The van der Waals surface area contributed by atoms with Crippen LogP contribution in [0, 0.1) is 0 Å². The Kier molecular flexibility index (Phi) is 6.42. The highest BCUT2D eigenvalue weighted by Gasteiger charge is 2.37. The number of alkyl halides is 6. The van der Waals surface area contributed by atoms with Gasteiger partial charge in [-0.2, -0.15) is 26.3 Å². The third-order valence-electron chi connectivity index (χ3n) is 5.22. The number of benzene rings is 2. The van der Waals surface area contributed by atoms with Crippen molar-refractivity contribution in [2.24, 2.45) is 0 Å². The van der Waals surface area contributed by atoms with Crippen LogP contribution in [0.3, 0.4) is 0 Å². The maximum atomic E-state index is 13.7. The normalized spacial score (nSPS) is 13.0. The van der Waals surface area contributed by atoms with Crippen LogP contribution in [0.5, 0.6) is 0 Å². The minimum absolute atomic E-state index is 0.0162. The van der Waals surface area contributed by atoms with E-state index in [2.05, 4.69) is 15.3 Å². The minimum Gasteiger partial charge on any atom is -0.340 e. The lowest BCUT2D eigenvalue weighted by molar-refractivity contribution is -0.139. The lowest BCUT2D eigenvalue weighted by Crippen LogP contribution is -2.31. The van der Waals surface area contributed by atoms with Crippen LogP contribution in [0.15, 0.2) is 73.1 Å². The Morgan fingerprint density at radius 3 is 2.23 bits per heavy atom. The largest absolute Gasteiger partial charge is 0.418 e. The van der Waals surface area contributed by atoms with Gasteiger partial charge in [0.2, 0.25) is 0 Å². The molecule has 35 heavy (non-hydrogen) atoms. The van der Waals surface area contributed by atoms with Gasteiger partial charge in [-0.15, -0.1) is 0 Å². The second-order valence-corrected chi connectivity index (χ2v) is 7.89. The van der Waals surface area contributed by atoms with Crippen molar-refractivity contribution in [1.29, 1.82) is 0 Å². The van der Waals surface area contributed by atoms with Crippen molar-refractivity contribution < 1.29 is 31.1 Å². The van der Waals surface area contributed by atoms with Gasteiger partial charge < -0.3 is 5.32 Å². The molecule has 1 amide bonds. The molecule has 1 atom stereocenters. The lowest BCUT2D eigenvalue weighted by atomic mass is 9.97. The summed E-state index contributed by atoms with van der Waals surface area (Å²) in [5, 5.41) is 3.43. The van der Waals surface area contributed by atoms with Crippen LogP contribution in [0.2, 0.25) is 5.02 Å². The number of nitrogens with one attached hydrogen (secondary N) is 1. The molecule has 1 N–H and O–H groups in total. The fourth-order valence-electron chi connectivity index (χ4n) is 3.53. The van der Waals surface area contributed by atoms with Crippen molar-refractivity contribution in [1.82, 2.24) is 15.3 Å². The zero-order chi connectivity index (χ0) is 25.4. The highest BCUT2D eigenvalue weighted by atomic mass is 35.5. The van der Waals surface area contributed by atoms with Gasteiger partial charge in [-0.1, -0.05) is 29.8 Å². The zero-order valence-corrected chi connectivity index (χ0v) is 18.2. The van der Waals surface area contributed by atoms with E-state index < -0.39 is 41.1 Å². The summed E-state index contributed by atoms with van der Waals surface area (Å²) in [6, 6.07) is 9.75. The number of fused-ring (bicyclic) bond motifs is 1. The number of pyridine rings is 2. The first-order valence-electron chi connectivity index (χ1n) is 9.99. The number of aromatic nitrogens is 2. The van der Waals surface area contributed by atoms with E-state index in [1.165, 1.54) is 24.4 Å². The van der Waals surface area contributed by atoms with Crippen LogP contribution in [-0.4, -0.2) is 15.9 Å². The van der Waals surface area contributed by atoms with E-state index in [-0.39, 0.29) is 11.1 Å². The Morgan fingerprint density at radius 2 is 1.57 bits per heavy atom. The van der Waals surface area contributed by atoms with Crippen molar-refractivity contribution >= 4 is 28.4 Å². The number of amides is 1. The number of carbonyl (C=O) groups is 1. The van der Waals surface area contributed by atoms with Crippen LogP contribution in [-0.2, 0) is 12.4 Å². The third-order valence-corrected chi connectivity index (χ3v) is 5.55. The van der Waals surface area contributed by atoms with Crippen LogP contribution >= 0.6 is 11.6 Å². The van der Waals surface area contributed by atoms with Crippen molar-refractivity contribution in [3.05, 3.63) is 106 Å². The number of halogens is 7. The van der Waals surface area contributed by atoms with Gasteiger partial charge in [0.1, 0.15) is 0 Å². The molecule has 2 aromatic heterocycles. The maximum absolute atomic E-state index is 13.7. The molecule has 0 bridgehead atoms. The third kappa shape index (κ3) is 5.22. The van der Waals surface area contributed by atoms with Gasteiger partial charge in [0.05, 0.1) is 33.4 Å². The molecule has 2 aromatic carbocycles. The summed E-state index contributed by atoms with van der Waals surface area (Å²) in [5.41, 5.74) is -2.25. The quantitative estimate of drug-likeness (QED) is 0.306. The zero-order valence-electron chi connectivity index (χ0n) is 17.5. The van der Waals surface area contributed by atoms with Crippen molar-refractivity contribution in [3.8, 4) is 0 Å². The first-order valence-corrected chi connectivity index (χ1v) is 10.4. The molecule has 4 nitrogen and oxygen atoms in total. The lowest BCUT2D eigenvalue weighted by Gasteiger charge is -2.23. The summed E-state index contributed by atoms with van der Waals surface area (Å²) in [7, 11) is 0. The van der Waals surface area contributed by atoms with E-state index in [0.29, 0.717) is 15.9 Å². The Morgan fingerprint density at radius 1 is 0.857 bits per heavy atom. The number of rotatable bonds is 4. The van der Waals surface area contributed by atoms with Gasteiger partial charge in [-0.05, 0) is 48.0 Å². The van der Waals surface area contributed by atoms with Crippen molar-refractivity contribution in [2.75, 3.05) is 0 Å². The molecule has 180 valence electrons. The van der Waals surface area contributed by atoms with Gasteiger partial charge in [0.15, 0.2) is 0 Å². The molecular weight excluding hydrogens is 496 g/mol. The van der Waals surface area contributed by atoms with Crippen LogP contribution in [0.1, 0.15) is 38.8 Å². The monoisotopic (exact) mass is 509 g/mol. The number of carbonyl (C=O) groups excluding carboxylic acids is 1. The Hall–Kier alpha value is -3.66. The van der Waals surface area contributed by atoms with E-state index in [0.717, 1.165) is 42.6 Å². The average molecular weight is 510 g/mol. The number of hydrogen-bond donors (Lipinski definition) is 1. The van der Waals surface area contributed by atoms with Crippen LogP contribution < -0.4 is 5.32 Å². The molecule has 4 rings (SSSR count). The summed E-state index contributed by atoms with van der Waals surface area (Å²) < 4.78 is 80.1. The fourth-order valence-corrected chi connectivity index (χ4v) is 3.75. The smallest absolute Gasteiger partial charge is 0.340 e. The molecular formula is C24H14ClF6N3O. The molecule has 0 radical (unpaired) electrons. The summed E-state index contributed by atoms with van der Waals surface area (Å²) >= 11 is 6.10. The minimum atomic E-state index is -4.82. The Labute approximate surface area is 199 Å². The Balaban J connectivity index is 1.77. The SMILES string of the molecule is O=C(N[C@@H](c1ccc(C(F)(F)F)cc1)c1ncccc1C(F)(F)F)c1ccc2c(Cl)ccnc2c1. The van der Waals surface area contributed by atoms with Gasteiger partial charge in [0, 0.05) is 23.3 Å². The molecule has 0 unspecified atom stereocenters. The molecule has 0 saturated carbocycles. The summed E-state index contributed by atoms with van der Waals surface area (Å²) in [6.07, 6.45) is -6.92. The first-order chi connectivity index (χ1) is 16.4. The van der Waals surface area contributed by atoms with Crippen molar-refractivity contribution in [3.63, 3.8) is 0 Å². The number of hydrogen-bond acceptors (Lipinski definition) is 3. The van der Waals surface area contributed by atoms with E-state index in [9.17, 15) is 31.1 Å². The molecule has 2 heterocycles. The second kappa shape index (κ2) is 9.18. The van der Waals surface area contributed by atoms with E-state index in [1.54, 1.807) is 6.07 Å². The average Bonchev–Trinajstić information content (AvgIpc) is 2.81. The maximum Gasteiger partial charge on any atom is 0.418 e. The highest BCUT2D eigenvalue weighted by Crippen LogP contribution is 2.36. The van der Waals surface area contributed by atoms with Crippen molar-refractivity contribution in [2.45, 2.75) is 18.4 Å². The molecule has 0 fully saturated rings. The predicted molar refractivity (Wildman–Crippen MR) is 117 cm³/mol. The molecule has 0 aliphatic rings. The number of nitrogens with zero attached hydrogens (tertiary/aromatic N) is 2. The second-order valence-electron chi connectivity index (χ2n) is 7.48. The molecule has 0 aliphatic carbocycles. The highest BCUT2D eigenvalue weighted by molar-refractivity contribution is 6.35. The van der Waals surface area contributed by atoms with E-state index >= 15 is 0 Å². The predicted octanol–water partition coefficient (Wildman–Crippen LogP) is 6.84.